The maximum atomic E-state index is 10.8. The molecule has 1 heterocycles. The van der Waals surface area contributed by atoms with E-state index < -0.39 is 0 Å². The van der Waals surface area contributed by atoms with Crippen molar-refractivity contribution in [3.8, 4) is 0 Å². The molecule has 1 aliphatic heterocycles. The Bertz CT molecular complexity index is 188. The summed E-state index contributed by atoms with van der Waals surface area (Å²) < 4.78 is 4.92. The number of nitrogens with zero attached hydrogens (tertiary/aromatic N) is 1. The quantitative estimate of drug-likeness (QED) is 0.401. The van der Waals surface area contributed by atoms with E-state index in [1.807, 2.05) is 0 Å². The molecule has 4 heteroatoms. The second-order valence-corrected chi connectivity index (χ2v) is 2.22. The Morgan fingerprint density at radius 1 is 1.80 bits per heavy atom. The van der Waals surface area contributed by atoms with Crippen molar-refractivity contribution in [1.29, 1.82) is 0 Å². The van der Waals surface area contributed by atoms with Crippen LogP contribution in [0, 0.1) is 0 Å². The Morgan fingerprint density at radius 3 is 2.60 bits per heavy atom. The van der Waals surface area contributed by atoms with Gasteiger partial charge in [0.1, 0.15) is 0 Å². The Labute approximate surface area is 59.2 Å². The van der Waals surface area contributed by atoms with Gasteiger partial charge in [0.2, 0.25) is 0 Å². The maximum Gasteiger partial charge on any atom is 0.263 e. The Morgan fingerprint density at radius 2 is 2.40 bits per heavy atom. The van der Waals surface area contributed by atoms with Gasteiger partial charge in [-0.1, -0.05) is 0 Å². The number of methoxy groups -OCH3 is 1. The summed E-state index contributed by atoms with van der Waals surface area (Å²) in [7, 11) is 1.51. The topological polar surface area (TPSA) is 55.6 Å². The number of hydrazine groups is 1. The van der Waals surface area contributed by atoms with E-state index in [1.54, 1.807) is 6.92 Å². The molecule has 1 aliphatic rings. The van der Waals surface area contributed by atoms with Crippen molar-refractivity contribution in [2.75, 3.05) is 7.11 Å². The summed E-state index contributed by atoms with van der Waals surface area (Å²) in [6.45, 7) is 1.80. The molecule has 0 saturated carbocycles. The summed E-state index contributed by atoms with van der Waals surface area (Å²) in [4.78, 5) is 10.8. The lowest BCUT2D eigenvalue weighted by Gasteiger charge is -2.18. The van der Waals surface area contributed by atoms with Crippen LogP contribution in [0.5, 0.6) is 0 Å². The standard InChI is InChI=1S/C6H10N2O2/c1-4-3-5(9)8(7)6(4)10-2/h3,6H,7H2,1-2H3. The normalized spacial score (nSPS) is 25.5. The lowest BCUT2D eigenvalue weighted by molar-refractivity contribution is -0.133. The molecule has 2 N–H and O–H groups in total. The van der Waals surface area contributed by atoms with E-state index in [4.69, 9.17) is 10.6 Å². The highest BCUT2D eigenvalue weighted by atomic mass is 16.5. The van der Waals surface area contributed by atoms with Gasteiger partial charge in [0.25, 0.3) is 5.91 Å². The molecule has 0 aliphatic carbocycles. The van der Waals surface area contributed by atoms with E-state index in [-0.39, 0.29) is 12.1 Å². The van der Waals surface area contributed by atoms with E-state index in [0.29, 0.717) is 0 Å². The van der Waals surface area contributed by atoms with Gasteiger partial charge in [-0.2, -0.15) is 0 Å². The number of carbonyl (C=O) groups excluding carboxylic acids is 1. The molecule has 1 atom stereocenters. The largest absolute Gasteiger partial charge is 0.356 e. The van der Waals surface area contributed by atoms with Crippen LogP contribution in [-0.2, 0) is 9.53 Å². The minimum Gasteiger partial charge on any atom is -0.356 e. The number of hydrogen-bond acceptors (Lipinski definition) is 3. The summed E-state index contributed by atoms with van der Waals surface area (Å²) >= 11 is 0. The summed E-state index contributed by atoms with van der Waals surface area (Å²) in [6, 6.07) is 0. The van der Waals surface area contributed by atoms with Crippen LogP contribution in [0.1, 0.15) is 6.92 Å². The molecule has 1 unspecified atom stereocenters. The van der Waals surface area contributed by atoms with E-state index >= 15 is 0 Å². The number of ether oxygens (including phenoxy) is 1. The van der Waals surface area contributed by atoms with Gasteiger partial charge in [-0.05, 0) is 12.5 Å². The third kappa shape index (κ3) is 0.913. The zero-order valence-electron chi connectivity index (χ0n) is 6.00. The number of hydrogen-bond donors (Lipinski definition) is 1. The van der Waals surface area contributed by atoms with Gasteiger partial charge in [0.05, 0.1) is 0 Å². The molecule has 1 rings (SSSR count). The predicted molar refractivity (Wildman–Crippen MR) is 35.6 cm³/mol. The van der Waals surface area contributed by atoms with E-state index in [9.17, 15) is 4.79 Å². The molecule has 4 nitrogen and oxygen atoms in total. The fourth-order valence-electron chi connectivity index (χ4n) is 0.975. The van der Waals surface area contributed by atoms with Gasteiger partial charge in [0, 0.05) is 13.2 Å². The van der Waals surface area contributed by atoms with Crippen LogP contribution in [0.4, 0.5) is 0 Å². The van der Waals surface area contributed by atoms with E-state index in [1.165, 1.54) is 13.2 Å². The van der Waals surface area contributed by atoms with Gasteiger partial charge < -0.3 is 4.74 Å². The zero-order chi connectivity index (χ0) is 7.72. The number of carbonyl (C=O) groups is 1. The summed E-state index contributed by atoms with van der Waals surface area (Å²) in [6.07, 6.45) is 1.10. The molecule has 0 aromatic carbocycles. The van der Waals surface area contributed by atoms with Crippen LogP contribution < -0.4 is 5.84 Å². The van der Waals surface area contributed by atoms with Crippen LogP contribution in [0.15, 0.2) is 11.6 Å². The molecule has 10 heavy (non-hydrogen) atoms. The van der Waals surface area contributed by atoms with Crippen LogP contribution in [0.25, 0.3) is 0 Å². The monoisotopic (exact) mass is 142 g/mol. The molecule has 0 saturated heterocycles. The summed E-state index contributed by atoms with van der Waals surface area (Å²) in [5.74, 6) is 5.13. The second-order valence-electron chi connectivity index (χ2n) is 2.22. The first kappa shape index (κ1) is 7.24. The van der Waals surface area contributed by atoms with Crippen molar-refractivity contribution < 1.29 is 9.53 Å². The highest BCUT2D eigenvalue weighted by Crippen LogP contribution is 2.15. The minimum absolute atomic E-state index is 0.204. The van der Waals surface area contributed by atoms with Crippen LogP contribution in [-0.4, -0.2) is 24.3 Å². The van der Waals surface area contributed by atoms with Crippen molar-refractivity contribution in [1.82, 2.24) is 5.01 Å². The fraction of sp³-hybridized carbons (Fsp3) is 0.500. The van der Waals surface area contributed by atoms with Gasteiger partial charge in [-0.15, -0.1) is 0 Å². The number of nitrogens with two attached hydrogens (primary N) is 1. The molecule has 0 fully saturated rings. The van der Waals surface area contributed by atoms with Crippen molar-refractivity contribution in [2.45, 2.75) is 13.2 Å². The molecule has 56 valence electrons. The van der Waals surface area contributed by atoms with E-state index in [2.05, 4.69) is 0 Å². The average molecular weight is 142 g/mol. The third-order valence-electron chi connectivity index (χ3n) is 1.47. The smallest absolute Gasteiger partial charge is 0.263 e. The highest BCUT2D eigenvalue weighted by molar-refractivity contribution is 5.90. The van der Waals surface area contributed by atoms with Crippen molar-refractivity contribution in [2.24, 2.45) is 5.84 Å². The lowest BCUT2D eigenvalue weighted by Crippen LogP contribution is -2.41. The van der Waals surface area contributed by atoms with Crippen molar-refractivity contribution in [3.05, 3.63) is 11.6 Å². The van der Waals surface area contributed by atoms with E-state index in [0.717, 1.165) is 10.6 Å². The van der Waals surface area contributed by atoms with Gasteiger partial charge in [0.15, 0.2) is 6.23 Å². The lowest BCUT2D eigenvalue weighted by atomic mass is 10.3. The Kier molecular flexibility index (Phi) is 1.74. The molecular formula is C6H10N2O2. The Hall–Kier alpha value is -0.870. The van der Waals surface area contributed by atoms with Crippen LogP contribution in [0.2, 0.25) is 0 Å². The summed E-state index contributed by atoms with van der Waals surface area (Å²) in [5, 5.41) is 1.06. The molecule has 0 bridgehead atoms. The minimum atomic E-state index is -0.368. The average Bonchev–Trinajstić information content (AvgIpc) is 2.09. The number of amides is 1. The molecule has 0 aromatic rings. The maximum absolute atomic E-state index is 10.8. The molecule has 1 amide bonds. The second kappa shape index (κ2) is 2.40. The molecule has 0 spiro atoms. The Balaban J connectivity index is 2.77. The SMILES string of the molecule is COC1C(C)=CC(=O)N1N. The van der Waals surface area contributed by atoms with Gasteiger partial charge in [-0.25, -0.2) is 10.9 Å². The summed E-state index contributed by atoms with van der Waals surface area (Å²) in [5.41, 5.74) is 0.843. The molecule has 0 radical (unpaired) electrons. The third-order valence-corrected chi connectivity index (χ3v) is 1.47. The van der Waals surface area contributed by atoms with Crippen LogP contribution in [0.3, 0.4) is 0 Å². The molecule has 0 aromatic heterocycles. The first-order valence-corrected chi connectivity index (χ1v) is 2.95. The van der Waals surface area contributed by atoms with Crippen molar-refractivity contribution in [3.63, 3.8) is 0 Å². The molecular weight excluding hydrogens is 132 g/mol. The van der Waals surface area contributed by atoms with Crippen LogP contribution >= 0.6 is 0 Å². The fourth-order valence-corrected chi connectivity index (χ4v) is 0.975. The first-order chi connectivity index (χ1) is 4.66. The predicted octanol–water partition coefficient (Wildman–Crippen LogP) is -0.379. The highest BCUT2D eigenvalue weighted by Gasteiger charge is 2.27. The van der Waals surface area contributed by atoms with Gasteiger partial charge in [-0.3, -0.25) is 4.79 Å². The number of rotatable bonds is 1. The first-order valence-electron chi connectivity index (χ1n) is 2.95. The van der Waals surface area contributed by atoms with Crippen molar-refractivity contribution >= 4 is 5.91 Å². The van der Waals surface area contributed by atoms with Gasteiger partial charge >= 0.3 is 0 Å². The zero-order valence-corrected chi connectivity index (χ0v) is 6.00.